The van der Waals surface area contributed by atoms with E-state index in [1.807, 2.05) is 0 Å². The van der Waals surface area contributed by atoms with Gasteiger partial charge in [0, 0.05) is 0 Å². The molecule has 0 amide bonds. The van der Waals surface area contributed by atoms with E-state index in [2.05, 4.69) is 4.74 Å². The highest BCUT2D eigenvalue weighted by atomic mass is 31.1. The topological polar surface area (TPSA) is 133 Å². The largest absolute Gasteiger partial charge is 0.612 e. The fourth-order valence-corrected chi connectivity index (χ4v) is 1.66. The number of aliphatic hydroxyl groups is 3. The summed E-state index contributed by atoms with van der Waals surface area (Å²) in [6.45, 7) is -1.31. The Morgan fingerprint density at radius 2 is 2.00 bits per heavy atom. The van der Waals surface area contributed by atoms with Gasteiger partial charge in [-0.15, -0.1) is 0 Å². The highest BCUT2D eigenvalue weighted by Gasteiger charge is 2.20. The van der Waals surface area contributed by atoms with Crippen LogP contribution in [0, 0.1) is 0 Å². The molecule has 0 saturated heterocycles. The van der Waals surface area contributed by atoms with Gasteiger partial charge in [0.15, 0.2) is 14.1 Å². The lowest BCUT2D eigenvalue weighted by atomic mass is 10.3. The van der Waals surface area contributed by atoms with E-state index in [-0.39, 0.29) is 6.16 Å². The van der Waals surface area contributed by atoms with Crippen molar-refractivity contribution in [3.8, 4) is 0 Å². The summed E-state index contributed by atoms with van der Waals surface area (Å²) in [4.78, 5) is 21.3. The van der Waals surface area contributed by atoms with E-state index in [4.69, 9.17) is 20.4 Å². The number of carboxylic acid groups (broad SMARTS) is 1. The first-order chi connectivity index (χ1) is 6.51. The van der Waals surface area contributed by atoms with Crippen molar-refractivity contribution in [2.24, 2.45) is 4.74 Å². The normalized spacial score (nSPS) is 16.4. The number of aliphatic hydroxyl groups excluding tert-OH is 3. The average molecular weight is 225 g/mol. The number of carbonyl (C=O) groups is 1. The second-order valence-electron chi connectivity index (χ2n) is 2.52. The predicted molar refractivity (Wildman–Crippen MR) is 45.8 cm³/mol. The number of hydrogen-bond acceptors (Lipinski definition) is 6. The second kappa shape index (κ2) is 6.80. The summed E-state index contributed by atoms with van der Waals surface area (Å²) in [6, 6.07) is -1.44. The SMILES string of the molecule is O=C(O)[C@H](CO)N=[P+]([O-])C[C@H](O)CO. The molecule has 0 aromatic carbocycles. The van der Waals surface area contributed by atoms with Crippen LogP contribution in [0.4, 0.5) is 0 Å². The van der Waals surface area contributed by atoms with Gasteiger partial charge < -0.3 is 25.3 Å². The van der Waals surface area contributed by atoms with Crippen LogP contribution in [0.15, 0.2) is 4.74 Å². The lowest BCUT2D eigenvalue weighted by Crippen LogP contribution is -2.23. The smallest absolute Gasteiger partial charge is 0.335 e. The van der Waals surface area contributed by atoms with Crippen LogP contribution in [0.2, 0.25) is 0 Å². The molecule has 0 bridgehead atoms. The quantitative estimate of drug-likeness (QED) is 0.376. The van der Waals surface area contributed by atoms with Gasteiger partial charge in [0.05, 0.1) is 13.2 Å². The Morgan fingerprint density at radius 1 is 1.43 bits per heavy atom. The third-order valence-corrected chi connectivity index (χ3v) is 2.57. The van der Waals surface area contributed by atoms with E-state index in [0.717, 1.165) is 0 Å². The zero-order valence-electron chi connectivity index (χ0n) is 7.28. The molecule has 14 heavy (non-hydrogen) atoms. The summed E-state index contributed by atoms with van der Waals surface area (Å²) < 4.78 is 3.27. The summed E-state index contributed by atoms with van der Waals surface area (Å²) in [6.07, 6.45) is -1.49. The number of hydrogen-bond donors (Lipinski definition) is 4. The van der Waals surface area contributed by atoms with Gasteiger partial charge >= 0.3 is 5.97 Å². The van der Waals surface area contributed by atoms with Crippen molar-refractivity contribution in [2.75, 3.05) is 19.4 Å². The predicted octanol–water partition coefficient (Wildman–Crippen LogP) is -2.27. The van der Waals surface area contributed by atoms with Crippen molar-refractivity contribution in [1.82, 2.24) is 0 Å². The van der Waals surface area contributed by atoms with Crippen LogP contribution in [0.25, 0.3) is 0 Å². The number of aliphatic carboxylic acids is 1. The zero-order valence-corrected chi connectivity index (χ0v) is 8.17. The van der Waals surface area contributed by atoms with Gasteiger partial charge in [-0.2, -0.15) is 0 Å². The van der Waals surface area contributed by atoms with E-state index >= 15 is 0 Å². The third kappa shape index (κ3) is 5.21. The Labute approximate surface area is 81.2 Å². The maximum Gasteiger partial charge on any atom is 0.335 e. The van der Waals surface area contributed by atoms with Crippen LogP contribution in [0.1, 0.15) is 0 Å². The van der Waals surface area contributed by atoms with Gasteiger partial charge in [0.25, 0.3) is 0 Å². The lowest BCUT2D eigenvalue weighted by molar-refractivity contribution is -0.158. The second-order valence-corrected chi connectivity index (χ2v) is 3.82. The van der Waals surface area contributed by atoms with E-state index in [9.17, 15) is 9.69 Å². The standard InChI is InChI=1S/C6H12NO6P/c8-1-4(10)3-14(13)7-5(2-9)6(11)12/h4-5,8-10H,1-3H2,(H,11,12)/t4-,5+/m1/s1. The molecule has 4 N–H and O–H groups in total. The van der Waals surface area contributed by atoms with Gasteiger partial charge in [-0.1, -0.05) is 4.74 Å². The summed E-state index contributed by atoms with van der Waals surface area (Å²) in [5, 5.41) is 34.2. The molecule has 0 radical (unpaired) electrons. The fourth-order valence-electron chi connectivity index (χ4n) is 0.605. The van der Waals surface area contributed by atoms with Crippen LogP contribution >= 0.6 is 7.94 Å². The van der Waals surface area contributed by atoms with Crippen molar-refractivity contribution in [3.63, 3.8) is 0 Å². The Balaban J connectivity index is 4.25. The summed E-state index contributed by atoms with van der Waals surface area (Å²) in [7, 11) is -2.28. The summed E-state index contributed by atoms with van der Waals surface area (Å²) >= 11 is 0. The van der Waals surface area contributed by atoms with Gasteiger partial charge in [-0.3, -0.25) is 0 Å². The van der Waals surface area contributed by atoms with E-state index in [0.29, 0.717) is 0 Å². The first kappa shape index (κ1) is 13.4. The van der Waals surface area contributed by atoms with Crippen LogP contribution in [-0.4, -0.2) is 57.9 Å². The zero-order chi connectivity index (χ0) is 11.1. The van der Waals surface area contributed by atoms with Crippen LogP contribution in [-0.2, 0) is 4.79 Å². The highest BCUT2D eigenvalue weighted by Crippen LogP contribution is 2.17. The Kier molecular flexibility index (Phi) is 6.52. The Bertz CT molecular complexity index is 220. The molecule has 0 fully saturated rings. The van der Waals surface area contributed by atoms with Crippen molar-refractivity contribution in [1.29, 1.82) is 0 Å². The van der Waals surface area contributed by atoms with Gasteiger partial charge in [-0.25, -0.2) is 4.79 Å². The van der Waals surface area contributed by atoms with Gasteiger partial charge in [-0.05, 0) is 0 Å². The minimum absolute atomic E-state index is 0.310. The maximum absolute atomic E-state index is 11.0. The Hall–Kier alpha value is -0.590. The fraction of sp³-hybridized carbons (Fsp3) is 0.833. The molecule has 8 heteroatoms. The summed E-state index contributed by atoms with van der Waals surface area (Å²) in [5.74, 6) is -1.38. The lowest BCUT2D eigenvalue weighted by Gasteiger charge is -2.04. The summed E-state index contributed by atoms with van der Waals surface area (Å²) in [5.41, 5.74) is 0. The minimum atomic E-state index is -2.28. The first-order valence-electron chi connectivity index (χ1n) is 3.79. The number of nitrogens with zero attached hydrogens (tertiary/aromatic N) is 1. The van der Waals surface area contributed by atoms with E-state index < -0.39 is 39.3 Å². The molecule has 0 saturated carbocycles. The molecular formula is C6H12NO6P. The molecule has 0 spiro atoms. The monoisotopic (exact) mass is 225 g/mol. The first-order valence-corrected chi connectivity index (χ1v) is 5.19. The average Bonchev–Trinajstić information content (AvgIpc) is 2.13. The minimum Gasteiger partial charge on any atom is -0.612 e. The van der Waals surface area contributed by atoms with Crippen molar-refractivity contribution in [2.45, 2.75) is 12.1 Å². The molecule has 0 aliphatic heterocycles. The van der Waals surface area contributed by atoms with Crippen molar-refractivity contribution in [3.05, 3.63) is 0 Å². The molecule has 0 heterocycles. The maximum atomic E-state index is 11.0. The molecule has 82 valence electrons. The van der Waals surface area contributed by atoms with E-state index in [1.165, 1.54) is 0 Å². The van der Waals surface area contributed by atoms with Crippen LogP contribution < -0.4 is 4.89 Å². The van der Waals surface area contributed by atoms with Crippen molar-refractivity contribution >= 4 is 13.9 Å². The molecular weight excluding hydrogens is 213 g/mol. The molecule has 3 atom stereocenters. The van der Waals surface area contributed by atoms with Crippen LogP contribution in [0.5, 0.6) is 0 Å². The number of carboxylic acids is 1. The molecule has 0 aliphatic carbocycles. The van der Waals surface area contributed by atoms with Crippen molar-refractivity contribution < 1.29 is 30.1 Å². The number of rotatable bonds is 6. The van der Waals surface area contributed by atoms with Crippen LogP contribution in [0.3, 0.4) is 0 Å². The highest BCUT2D eigenvalue weighted by molar-refractivity contribution is 7.39. The third-order valence-electron chi connectivity index (χ3n) is 1.30. The molecule has 0 aromatic rings. The molecule has 0 aromatic heterocycles. The van der Waals surface area contributed by atoms with Gasteiger partial charge in [0.1, 0.15) is 6.10 Å². The Morgan fingerprint density at radius 3 is 2.36 bits per heavy atom. The van der Waals surface area contributed by atoms with Gasteiger partial charge in [0.2, 0.25) is 6.04 Å². The molecule has 7 nitrogen and oxygen atoms in total. The van der Waals surface area contributed by atoms with E-state index in [1.54, 1.807) is 0 Å². The molecule has 0 rings (SSSR count). The molecule has 1 unspecified atom stereocenters. The molecule has 0 aliphatic rings.